The highest BCUT2D eigenvalue weighted by Crippen LogP contribution is 2.18. The summed E-state index contributed by atoms with van der Waals surface area (Å²) < 4.78 is 24.6. The molecule has 3 rings (SSSR count). The highest BCUT2D eigenvalue weighted by molar-refractivity contribution is 7.91. The van der Waals surface area contributed by atoms with E-state index in [1.807, 2.05) is 35.0 Å². The van der Waals surface area contributed by atoms with Crippen molar-refractivity contribution in [2.24, 2.45) is 11.0 Å². The predicted octanol–water partition coefficient (Wildman–Crippen LogP) is 0.757. The quantitative estimate of drug-likeness (QED) is 0.660. The summed E-state index contributed by atoms with van der Waals surface area (Å²) in [5.74, 6) is -0.864. The molecule has 1 atom stereocenters. The van der Waals surface area contributed by atoms with E-state index in [0.29, 0.717) is 6.42 Å². The molecule has 2 heterocycles. The summed E-state index contributed by atoms with van der Waals surface area (Å²) in [6.07, 6.45) is 7.15. The Morgan fingerprint density at radius 3 is 2.74 bits per heavy atom. The maximum absolute atomic E-state index is 11.8. The number of nitrogens with zero attached hydrogens (tertiary/aromatic N) is 3. The van der Waals surface area contributed by atoms with Gasteiger partial charge in [0.25, 0.3) is 0 Å². The molecule has 1 N–H and O–H groups in total. The first kappa shape index (κ1) is 15.4. The lowest BCUT2D eigenvalue weighted by Crippen LogP contribution is -2.27. The van der Waals surface area contributed by atoms with Gasteiger partial charge in [-0.3, -0.25) is 4.79 Å². The molecule has 23 heavy (non-hydrogen) atoms. The van der Waals surface area contributed by atoms with E-state index in [2.05, 4.69) is 15.5 Å². The number of hydrogen-bond acceptors (Lipinski definition) is 5. The number of imidazole rings is 1. The van der Waals surface area contributed by atoms with E-state index in [4.69, 9.17) is 0 Å². The number of aromatic nitrogens is 2. The molecular weight excluding hydrogens is 316 g/mol. The Morgan fingerprint density at radius 2 is 2.13 bits per heavy atom. The van der Waals surface area contributed by atoms with Crippen molar-refractivity contribution >= 4 is 22.0 Å². The number of hydrazone groups is 1. The van der Waals surface area contributed by atoms with Crippen molar-refractivity contribution in [1.29, 1.82) is 0 Å². The molecule has 120 valence electrons. The van der Waals surface area contributed by atoms with E-state index in [1.165, 1.54) is 6.21 Å². The smallest absolute Gasteiger partial charge is 0.244 e. The number of carbonyl (C=O) groups excluding carboxylic acids is 1. The monoisotopic (exact) mass is 332 g/mol. The van der Waals surface area contributed by atoms with Crippen molar-refractivity contribution in [3.05, 3.63) is 48.5 Å². The van der Waals surface area contributed by atoms with Gasteiger partial charge in [0.2, 0.25) is 5.91 Å². The normalized spacial score (nSPS) is 19.9. The Balaban J connectivity index is 1.57. The molecule has 1 aromatic carbocycles. The van der Waals surface area contributed by atoms with Gasteiger partial charge in [0, 0.05) is 18.1 Å². The Kier molecular flexibility index (Phi) is 4.24. The fourth-order valence-corrected chi connectivity index (χ4v) is 4.15. The van der Waals surface area contributed by atoms with Gasteiger partial charge in [0.1, 0.15) is 0 Å². The summed E-state index contributed by atoms with van der Waals surface area (Å²) in [6, 6.07) is 7.55. The Morgan fingerprint density at radius 1 is 1.35 bits per heavy atom. The van der Waals surface area contributed by atoms with Gasteiger partial charge in [-0.2, -0.15) is 5.10 Å². The van der Waals surface area contributed by atoms with Crippen LogP contribution < -0.4 is 5.43 Å². The maximum Gasteiger partial charge on any atom is 0.244 e. The first-order valence-electron chi connectivity index (χ1n) is 7.15. The standard InChI is InChI=1S/C15H16N4O3S/c20-15(13-5-8-23(21,22)10-13)18-17-9-12-1-3-14(4-2-12)19-7-6-16-11-19/h1-4,6-7,9,11,13H,5,8,10H2,(H,18,20)/b17-9-/t13-/m0/s1. The van der Waals surface area contributed by atoms with Crippen molar-refractivity contribution < 1.29 is 13.2 Å². The average molecular weight is 332 g/mol. The summed E-state index contributed by atoms with van der Waals surface area (Å²) in [5, 5.41) is 3.89. The molecule has 0 unspecified atom stereocenters. The molecule has 0 radical (unpaired) electrons. The van der Waals surface area contributed by atoms with Crippen LogP contribution in [-0.2, 0) is 14.6 Å². The lowest BCUT2D eigenvalue weighted by molar-refractivity contribution is -0.124. The minimum Gasteiger partial charge on any atom is -0.306 e. The molecule has 8 heteroatoms. The first-order valence-corrected chi connectivity index (χ1v) is 8.97. The van der Waals surface area contributed by atoms with Crippen LogP contribution in [-0.4, -0.2) is 41.6 Å². The number of rotatable bonds is 4. The van der Waals surface area contributed by atoms with Crippen LogP contribution in [0.15, 0.2) is 48.1 Å². The maximum atomic E-state index is 11.8. The third-order valence-electron chi connectivity index (χ3n) is 3.69. The summed E-state index contributed by atoms with van der Waals surface area (Å²) in [5.41, 5.74) is 4.20. The fourth-order valence-electron chi connectivity index (χ4n) is 2.41. The van der Waals surface area contributed by atoms with Gasteiger partial charge in [0.15, 0.2) is 9.84 Å². The average Bonchev–Trinajstić information content (AvgIpc) is 3.17. The lowest BCUT2D eigenvalue weighted by Gasteiger charge is -2.05. The summed E-state index contributed by atoms with van der Waals surface area (Å²) in [7, 11) is -3.06. The Labute approximate surface area is 134 Å². The molecule has 1 amide bonds. The van der Waals surface area contributed by atoms with Crippen molar-refractivity contribution in [2.75, 3.05) is 11.5 Å². The first-order chi connectivity index (χ1) is 11.0. The van der Waals surface area contributed by atoms with Crippen LogP contribution in [0.1, 0.15) is 12.0 Å². The van der Waals surface area contributed by atoms with Gasteiger partial charge >= 0.3 is 0 Å². The second-order valence-corrected chi connectivity index (χ2v) is 7.62. The fraction of sp³-hybridized carbons (Fsp3) is 0.267. The second-order valence-electron chi connectivity index (χ2n) is 5.40. The van der Waals surface area contributed by atoms with Crippen molar-refractivity contribution in [3.63, 3.8) is 0 Å². The summed E-state index contributed by atoms with van der Waals surface area (Å²) in [6.45, 7) is 0. The van der Waals surface area contributed by atoms with E-state index in [0.717, 1.165) is 11.3 Å². The molecule has 0 spiro atoms. The van der Waals surface area contributed by atoms with Crippen molar-refractivity contribution in [3.8, 4) is 5.69 Å². The summed E-state index contributed by atoms with van der Waals surface area (Å²) in [4.78, 5) is 15.8. The van der Waals surface area contributed by atoms with Gasteiger partial charge in [-0.15, -0.1) is 0 Å². The molecule has 0 bridgehead atoms. The molecule has 0 saturated carbocycles. The molecule has 2 aromatic rings. The second kappa shape index (κ2) is 6.33. The molecule has 1 fully saturated rings. The number of sulfone groups is 1. The van der Waals surface area contributed by atoms with Crippen LogP contribution in [0.4, 0.5) is 0 Å². The SMILES string of the molecule is O=C(N/N=C\c1ccc(-n2ccnc2)cc1)[C@H]1CCS(=O)(=O)C1. The van der Waals surface area contributed by atoms with E-state index in [-0.39, 0.29) is 17.4 Å². The van der Waals surface area contributed by atoms with Crippen molar-refractivity contribution in [2.45, 2.75) is 6.42 Å². The van der Waals surface area contributed by atoms with Crippen LogP contribution in [0.25, 0.3) is 5.69 Å². The minimum absolute atomic E-state index is 0.0739. The van der Waals surface area contributed by atoms with E-state index in [9.17, 15) is 13.2 Å². The summed E-state index contributed by atoms with van der Waals surface area (Å²) >= 11 is 0. The van der Waals surface area contributed by atoms with E-state index < -0.39 is 15.8 Å². The van der Waals surface area contributed by atoms with Crippen LogP contribution in [0.2, 0.25) is 0 Å². The molecule has 0 aliphatic carbocycles. The number of benzene rings is 1. The van der Waals surface area contributed by atoms with Crippen molar-refractivity contribution in [1.82, 2.24) is 15.0 Å². The Bertz CT molecular complexity index is 811. The van der Waals surface area contributed by atoms with Crippen LogP contribution in [0.5, 0.6) is 0 Å². The van der Waals surface area contributed by atoms with Gasteiger partial charge < -0.3 is 4.57 Å². The lowest BCUT2D eigenvalue weighted by atomic mass is 10.1. The van der Waals surface area contributed by atoms with Crippen LogP contribution >= 0.6 is 0 Å². The Hall–Kier alpha value is -2.48. The zero-order chi connectivity index (χ0) is 16.3. The predicted molar refractivity (Wildman–Crippen MR) is 86.1 cm³/mol. The molecule has 7 nitrogen and oxygen atoms in total. The molecule has 1 saturated heterocycles. The van der Waals surface area contributed by atoms with E-state index >= 15 is 0 Å². The number of hydrogen-bond donors (Lipinski definition) is 1. The van der Waals surface area contributed by atoms with Crippen LogP contribution in [0, 0.1) is 5.92 Å². The largest absolute Gasteiger partial charge is 0.306 e. The highest BCUT2D eigenvalue weighted by atomic mass is 32.2. The molecule has 1 aliphatic rings. The molecule has 1 aromatic heterocycles. The molecule has 1 aliphatic heterocycles. The van der Waals surface area contributed by atoms with Crippen LogP contribution in [0.3, 0.4) is 0 Å². The topological polar surface area (TPSA) is 93.4 Å². The van der Waals surface area contributed by atoms with Gasteiger partial charge in [-0.25, -0.2) is 18.8 Å². The third-order valence-corrected chi connectivity index (χ3v) is 5.46. The van der Waals surface area contributed by atoms with E-state index in [1.54, 1.807) is 12.5 Å². The molecular formula is C15H16N4O3S. The van der Waals surface area contributed by atoms with Gasteiger partial charge in [-0.1, -0.05) is 12.1 Å². The zero-order valence-corrected chi connectivity index (χ0v) is 13.1. The number of carbonyl (C=O) groups is 1. The van der Waals surface area contributed by atoms with Gasteiger partial charge in [0.05, 0.1) is 30.0 Å². The third kappa shape index (κ3) is 3.84. The zero-order valence-electron chi connectivity index (χ0n) is 12.3. The number of amides is 1. The minimum atomic E-state index is -3.06. The number of nitrogens with one attached hydrogen (secondary N) is 1. The highest BCUT2D eigenvalue weighted by Gasteiger charge is 2.32. The van der Waals surface area contributed by atoms with Gasteiger partial charge in [-0.05, 0) is 24.1 Å².